The van der Waals surface area contributed by atoms with Gasteiger partial charge in [-0.05, 0) is 47.6 Å². The summed E-state index contributed by atoms with van der Waals surface area (Å²) in [6, 6.07) is 15.5. The molecule has 210 valence electrons. The van der Waals surface area contributed by atoms with Gasteiger partial charge < -0.3 is 9.47 Å². The van der Waals surface area contributed by atoms with E-state index in [1.54, 1.807) is 42.5 Å². The number of halogens is 3. The topological polar surface area (TPSA) is 18.5 Å². The predicted octanol–water partition coefficient (Wildman–Crippen LogP) is 10.2. The molecule has 1 fully saturated rings. The highest BCUT2D eigenvalue weighted by molar-refractivity contribution is 5.71. The van der Waals surface area contributed by atoms with E-state index in [0.29, 0.717) is 47.8 Å². The highest BCUT2D eigenvalue weighted by Gasteiger charge is 2.25. The van der Waals surface area contributed by atoms with Crippen molar-refractivity contribution < 1.29 is 22.6 Å². The number of ether oxygens (including phenoxy) is 2. The fourth-order valence-electron chi connectivity index (χ4n) is 5.24. The van der Waals surface area contributed by atoms with Crippen LogP contribution in [0.3, 0.4) is 0 Å². The van der Waals surface area contributed by atoms with Gasteiger partial charge in [-0.3, -0.25) is 0 Å². The van der Waals surface area contributed by atoms with E-state index in [0.717, 1.165) is 44.1 Å². The van der Waals surface area contributed by atoms with Gasteiger partial charge in [0.2, 0.25) is 0 Å². The van der Waals surface area contributed by atoms with Crippen molar-refractivity contribution in [1.82, 2.24) is 0 Å². The molecule has 0 atom stereocenters. The smallest absolute Gasteiger partial charge is 0.186 e. The highest BCUT2D eigenvalue weighted by atomic mass is 19.2. The standard InChI is InChI=1S/C34H41F3O2/c1-3-5-7-8-10-12-27-17-19-29(33(37)32(27)36)26-15-13-25(14-16-26)28-18-20-30(31(35)21-28)34-38-22-24(23-39-34)11-9-6-4-2/h13-21,24,34H,3-12,22-23H2,1-2H3. The van der Waals surface area contributed by atoms with Gasteiger partial charge in [-0.1, -0.05) is 107 Å². The summed E-state index contributed by atoms with van der Waals surface area (Å²) < 4.78 is 56.4. The molecule has 0 unspecified atom stereocenters. The average Bonchev–Trinajstić information content (AvgIpc) is 2.96. The lowest BCUT2D eigenvalue weighted by Gasteiger charge is -2.30. The molecule has 0 spiro atoms. The minimum atomic E-state index is -0.815. The third-order valence-electron chi connectivity index (χ3n) is 7.68. The number of benzene rings is 3. The van der Waals surface area contributed by atoms with Crippen LogP contribution in [-0.4, -0.2) is 13.2 Å². The number of rotatable bonds is 13. The first-order valence-electron chi connectivity index (χ1n) is 14.6. The molecule has 0 aliphatic carbocycles. The molecule has 0 radical (unpaired) electrons. The Bertz CT molecular complexity index is 1180. The average molecular weight is 539 g/mol. The molecule has 1 heterocycles. The molecule has 0 N–H and O–H groups in total. The van der Waals surface area contributed by atoms with E-state index in [4.69, 9.17) is 9.47 Å². The molecule has 0 aromatic heterocycles. The van der Waals surface area contributed by atoms with Crippen LogP contribution in [0.25, 0.3) is 22.3 Å². The molecular formula is C34H41F3O2. The molecular weight excluding hydrogens is 497 g/mol. The molecule has 4 rings (SSSR count). The second kappa shape index (κ2) is 14.7. The van der Waals surface area contributed by atoms with Gasteiger partial charge in [0, 0.05) is 17.0 Å². The molecule has 0 bridgehead atoms. The maximum absolute atomic E-state index is 15.0. The van der Waals surface area contributed by atoms with Crippen LogP contribution < -0.4 is 0 Å². The summed E-state index contributed by atoms with van der Waals surface area (Å²) in [4.78, 5) is 0. The first-order chi connectivity index (χ1) is 19.0. The van der Waals surface area contributed by atoms with Gasteiger partial charge >= 0.3 is 0 Å². The number of unbranched alkanes of at least 4 members (excludes halogenated alkanes) is 6. The Morgan fingerprint density at radius 3 is 2.00 bits per heavy atom. The SMILES string of the molecule is CCCCCCCc1ccc(-c2ccc(-c3ccc(C4OCC(CCCCC)CO4)c(F)c3)cc2)c(F)c1F. The van der Waals surface area contributed by atoms with Gasteiger partial charge in [-0.2, -0.15) is 0 Å². The second-order valence-electron chi connectivity index (χ2n) is 10.7. The van der Waals surface area contributed by atoms with Gasteiger partial charge in [0.25, 0.3) is 0 Å². The van der Waals surface area contributed by atoms with Crippen LogP contribution in [0.4, 0.5) is 13.2 Å². The van der Waals surface area contributed by atoms with Crippen LogP contribution in [0.15, 0.2) is 54.6 Å². The van der Waals surface area contributed by atoms with Crippen LogP contribution in [0, 0.1) is 23.4 Å². The van der Waals surface area contributed by atoms with E-state index in [1.807, 2.05) is 6.07 Å². The molecule has 1 aliphatic heterocycles. The molecule has 5 heteroatoms. The van der Waals surface area contributed by atoms with E-state index in [-0.39, 0.29) is 11.4 Å². The molecule has 2 nitrogen and oxygen atoms in total. The van der Waals surface area contributed by atoms with Crippen LogP contribution in [0.2, 0.25) is 0 Å². The summed E-state index contributed by atoms with van der Waals surface area (Å²) in [6.45, 7) is 5.49. The molecule has 0 amide bonds. The number of hydrogen-bond acceptors (Lipinski definition) is 2. The summed E-state index contributed by atoms with van der Waals surface area (Å²) >= 11 is 0. The summed E-state index contributed by atoms with van der Waals surface area (Å²) in [5, 5.41) is 0. The van der Waals surface area contributed by atoms with Crippen molar-refractivity contribution in [3.63, 3.8) is 0 Å². The molecule has 39 heavy (non-hydrogen) atoms. The van der Waals surface area contributed by atoms with E-state index >= 15 is 4.39 Å². The normalized spacial score (nSPS) is 17.5. The maximum Gasteiger partial charge on any atom is 0.186 e. The summed E-state index contributed by atoms with van der Waals surface area (Å²) in [7, 11) is 0. The molecule has 3 aromatic carbocycles. The summed E-state index contributed by atoms with van der Waals surface area (Å²) in [6.07, 6.45) is 9.80. The van der Waals surface area contributed by atoms with Crippen molar-refractivity contribution in [3.05, 3.63) is 83.2 Å². The van der Waals surface area contributed by atoms with Crippen molar-refractivity contribution in [2.24, 2.45) is 5.92 Å². The largest absolute Gasteiger partial charge is 0.348 e. The summed E-state index contributed by atoms with van der Waals surface area (Å²) in [5.74, 6) is -1.60. The molecule has 3 aromatic rings. The Kier molecular flexibility index (Phi) is 11.0. The molecule has 0 saturated carbocycles. The van der Waals surface area contributed by atoms with Crippen LogP contribution in [-0.2, 0) is 15.9 Å². The zero-order valence-electron chi connectivity index (χ0n) is 23.3. The Balaban J connectivity index is 1.39. The van der Waals surface area contributed by atoms with Crippen LogP contribution in [0.1, 0.15) is 89.1 Å². The van der Waals surface area contributed by atoms with Gasteiger partial charge in [-0.15, -0.1) is 0 Å². The summed E-state index contributed by atoms with van der Waals surface area (Å²) in [5.41, 5.74) is 3.12. The van der Waals surface area contributed by atoms with Crippen LogP contribution >= 0.6 is 0 Å². The Morgan fingerprint density at radius 1 is 0.667 bits per heavy atom. The quantitative estimate of drug-likeness (QED) is 0.202. The second-order valence-corrected chi connectivity index (χ2v) is 10.7. The van der Waals surface area contributed by atoms with Gasteiger partial charge in [0.05, 0.1) is 13.2 Å². The van der Waals surface area contributed by atoms with Gasteiger partial charge in [0.1, 0.15) is 5.82 Å². The lowest BCUT2D eigenvalue weighted by molar-refractivity contribution is -0.207. The fourth-order valence-corrected chi connectivity index (χ4v) is 5.24. The van der Waals surface area contributed by atoms with E-state index in [9.17, 15) is 8.78 Å². The van der Waals surface area contributed by atoms with Crippen molar-refractivity contribution in [2.45, 2.75) is 84.3 Å². The van der Waals surface area contributed by atoms with Crippen molar-refractivity contribution in [1.29, 1.82) is 0 Å². The number of aryl methyl sites for hydroxylation is 1. The Labute approximate surface area is 231 Å². The Morgan fingerprint density at radius 2 is 1.31 bits per heavy atom. The molecule has 1 aliphatic rings. The van der Waals surface area contributed by atoms with E-state index < -0.39 is 17.9 Å². The van der Waals surface area contributed by atoms with Crippen molar-refractivity contribution in [2.75, 3.05) is 13.2 Å². The highest BCUT2D eigenvalue weighted by Crippen LogP contribution is 2.33. The van der Waals surface area contributed by atoms with E-state index in [1.165, 1.54) is 25.3 Å². The fraction of sp³-hybridized carbons (Fsp3) is 0.471. The molecule has 1 saturated heterocycles. The minimum Gasteiger partial charge on any atom is -0.348 e. The van der Waals surface area contributed by atoms with Crippen molar-refractivity contribution in [3.8, 4) is 22.3 Å². The third kappa shape index (κ3) is 7.73. The number of hydrogen-bond donors (Lipinski definition) is 0. The third-order valence-corrected chi connectivity index (χ3v) is 7.68. The monoisotopic (exact) mass is 538 g/mol. The zero-order chi connectivity index (χ0) is 27.6. The van der Waals surface area contributed by atoms with Gasteiger partial charge in [0.15, 0.2) is 17.9 Å². The Hall–Kier alpha value is -2.63. The van der Waals surface area contributed by atoms with Gasteiger partial charge in [-0.25, -0.2) is 13.2 Å². The van der Waals surface area contributed by atoms with Crippen molar-refractivity contribution >= 4 is 0 Å². The predicted molar refractivity (Wildman–Crippen MR) is 152 cm³/mol. The maximum atomic E-state index is 15.0. The first-order valence-corrected chi connectivity index (χ1v) is 14.6. The lowest BCUT2D eigenvalue weighted by Crippen LogP contribution is -2.27. The van der Waals surface area contributed by atoms with E-state index in [2.05, 4.69) is 13.8 Å². The van der Waals surface area contributed by atoms with Crippen LogP contribution in [0.5, 0.6) is 0 Å². The lowest BCUT2D eigenvalue weighted by atomic mass is 9.97. The first kappa shape index (κ1) is 29.4. The zero-order valence-corrected chi connectivity index (χ0v) is 23.3. The minimum absolute atomic E-state index is 0.231.